The van der Waals surface area contributed by atoms with Crippen LogP contribution in [0.15, 0.2) is 60.2 Å². The third-order valence-electron chi connectivity index (χ3n) is 4.63. The Balaban J connectivity index is 1.84. The van der Waals surface area contributed by atoms with Crippen LogP contribution in [0.25, 0.3) is 6.08 Å². The molecular weight excluding hydrogens is 500 g/mol. The molecule has 0 fully saturated rings. The average Bonchev–Trinajstić information content (AvgIpc) is 2.83. The minimum absolute atomic E-state index is 0.0945. The van der Waals surface area contributed by atoms with Crippen molar-refractivity contribution in [1.29, 1.82) is 5.26 Å². The van der Waals surface area contributed by atoms with Crippen LogP contribution in [0.4, 0.5) is 15.8 Å². The summed E-state index contributed by atoms with van der Waals surface area (Å²) < 4.78 is 24.1. The van der Waals surface area contributed by atoms with Crippen LogP contribution in [0.5, 0.6) is 11.5 Å². The zero-order valence-electron chi connectivity index (χ0n) is 18.1. The molecule has 0 aromatic heterocycles. The standard InChI is InChI=1S/C24H16Cl2FN3O5/c1-34-22-10-15(9-19(26)23(22)35-13-14-2-5-18(27)6-3-14)8-16(12-28)24(31)29-20-7-4-17(25)11-21(20)30(32)33/h2-11H,13H2,1H3,(H,29,31)/b16-8-. The second-order valence-electron chi connectivity index (χ2n) is 6.99. The number of nitriles is 1. The van der Waals surface area contributed by atoms with Gasteiger partial charge in [-0.3, -0.25) is 14.9 Å². The topological polar surface area (TPSA) is 114 Å². The number of amides is 1. The van der Waals surface area contributed by atoms with Crippen molar-refractivity contribution in [2.45, 2.75) is 6.61 Å². The van der Waals surface area contributed by atoms with Gasteiger partial charge in [0.1, 0.15) is 29.8 Å². The lowest BCUT2D eigenvalue weighted by Crippen LogP contribution is -2.14. The van der Waals surface area contributed by atoms with Crippen molar-refractivity contribution >= 4 is 46.6 Å². The largest absolute Gasteiger partial charge is 0.493 e. The van der Waals surface area contributed by atoms with Crippen molar-refractivity contribution in [3.05, 3.63) is 97.3 Å². The number of carbonyl (C=O) groups excluding carboxylic acids is 1. The van der Waals surface area contributed by atoms with Crippen LogP contribution < -0.4 is 14.8 Å². The lowest BCUT2D eigenvalue weighted by atomic mass is 10.1. The van der Waals surface area contributed by atoms with Crippen LogP contribution in [0.2, 0.25) is 10.0 Å². The Hall–Kier alpha value is -4.13. The zero-order valence-corrected chi connectivity index (χ0v) is 19.6. The average molecular weight is 516 g/mol. The molecule has 0 aliphatic heterocycles. The molecule has 0 aliphatic carbocycles. The number of carbonyl (C=O) groups is 1. The van der Waals surface area contributed by atoms with Gasteiger partial charge in [0.2, 0.25) is 0 Å². The molecule has 1 amide bonds. The fourth-order valence-corrected chi connectivity index (χ4v) is 3.41. The van der Waals surface area contributed by atoms with Gasteiger partial charge in [-0.25, -0.2) is 4.39 Å². The van der Waals surface area contributed by atoms with Gasteiger partial charge < -0.3 is 14.8 Å². The van der Waals surface area contributed by atoms with Gasteiger partial charge in [-0.05, 0) is 53.6 Å². The highest BCUT2D eigenvalue weighted by atomic mass is 35.5. The summed E-state index contributed by atoms with van der Waals surface area (Å²) >= 11 is 12.1. The molecule has 0 aliphatic rings. The first kappa shape index (κ1) is 25.5. The van der Waals surface area contributed by atoms with Gasteiger partial charge in [0.15, 0.2) is 11.5 Å². The number of nitrogens with one attached hydrogen (secondary N) is 1. The number of hydrogen-bond donors (Lipinski definition) is 1. The van der Waals surface area contributed by atoms with Gasteiger partial charge in [0.05, 0.1) is 17.1 Å². The molecule has 35 heavy (non-hydrogen) atoms. The molecule has 3 aromatic rings. The van der Waals surface area contributed by atoms with Crippen molar-refractivity contribution in [2.75, 3.05) is 12.4 Å². The van der Waals surface area contributed by atoms with E-state index in [0.29, 0.717) is 11.1 Å². The molecule has 0 radical (unpaired) electrons. The highest BCUT2D eigenvalue weighted by Crippen LogP contribution is 2.37. The Morgan fingerprint density at radius 3 is 2.54 bits per heavy atom. The van der Waals surface area contributed by atoms with Gasteiger partial charge in [-0.2, -0.15) is 5.26 Å². The number of rotatable bonds is 8. The summed E-state index contributed by atoms with van der Waals surface area (Å²) in [5.41, 5.74) is 0.167. The van der Waals surface area contributed by atoms with Gasteiger partial charge in [-0.15, -0.1) is 0 Å². The summed E-state index contributed by atoms with van der Waals surface area (Å²) in [6.45, 7) is 0.0945. The van der Waals surface area contributed by atoms with E-state index in [-0.39, 0.29) is 45.2 Å². The maximum atomic E-state index is 13.1. The second kappa shape index (κ2) is 11.3. The van der Waals surface area contributed by atoms with Crippen molar-refractivity contribution in [3.63, 3.8) is 0 Å². The van der Waals surface area contributed by atoms with Gasteiger partial charge >= 0.3 is 0 Å². The van der Waals surface area contributed by atoms with E-state index < -0.39 is 16.5 Å². The van der Waals surface area contributed by atoms with E-state index >= 15 is 0 Å². The second-order valence-corrected chi connectivity index (χ2v) is 7.84. The maximum Gasteiger partial charge on any atom is 0.294 e. The Morgan fingerprint density at radius 1 is 1.20 bits per heavy atom. The van der Waals surface area contributed by atoms with E-state index in [2.05, 4.69) is 5.32 Å². The van der Waals surface area contributed by atoms with Gasteiger partial charge in [-0.1, -0.05) is 35.3 Å². The van der Waals surface area contributed by atoms with Gasteiger partial charge in [0, 0.05) is 11.1 Å². The third-order valence-corrected chi connectivity index (χ3v) is 5.14. The molecule has 0 unspecified atom stereocenters. The zero-order chi connectivity index (χ0) is 25.5. The van der Waals surface area contributed by atoms with E-state index in [0.717, 1.165) is 6.07 Å². The SMILES string of the molecule is COc1cc(/C=C(/C#N)C(=O)Nc2ccc(Cl)cc2[N+](=O)[O-])cc(Cl)c1OCc1ccc(F)cc1. The first-order valence-corrected chi connectivity index (χ1v) is 10.6. The first-order valence-electron chi connectivity index (χ1n) is 9.83. The van der Waals surface area contributed by atoms with E-state index in [9.17, 15) is 24.6 Å². The molecule has 0 spiro atoms. The summed E-state index contributed by atoms with van der Waals surface area (Å²) in [5, 5.41) is 23.3. The number of anilines is 1. The Labute approximate surface area is 209 Å². The first-order chi connectivity index (χ1) is 16.7. The van der Waals surface area contributed by atoms with E-state index in [1.807, 2.05) is 0 Å². The Morgan fingerprint density at radius 2 is 1.91 bits per heavy atom. The monoisotopic (exact) mass is 515 g/mol. The number of halogens is 3. The van der Waals surface area contributed by atoms with E-state index in [4.69, 9.17) is 32.7 Å². The molecule has 3 rings (SSSR count). The lowest BCUT2D eigenvalue weighted by Gasteiger charge is -2.13. The summed E-state index contributed by atoms with van der Waals surface area (Å²) in [6.07, 6.45) is 1.25. The van der Waals surface area contributed by atoms with Crippen LogP contribution >= 0.6 is 23.2 Å². The maximum absolute atomic E-state index is 13.1. The van der Waals surface area contributed by atoms with Crippen LogP contribution in [0.3, 0.4) is 0 Å². The number of nitrogens with zero attached hydrogens (tertiary/aromatic N) is 2. The van der Waals surface area contributed by atoms with Crippen molar-refractivity contribution in [1.82, 2.24) is 0 Å². The molecule has 8 nitrogen and oxygen atoms in total. The molecule has 0 bridgehead atoms. The highest BCUT2D eigenvalue weighted by Gasteiger charge is 2.19. The summed E-state index contributed by atoms with van der Waals surface area (Å²) in [7, 11) is 1.39. The Kier molecular flexibility index (Phi) is 8.25. The number of benzene rings is 3. The van der Waals surface area contributed by atoms with E-state index in [1.165, 1.54) is 49.6 Å². The summed E-state index contributed by atoms with van der Waals surface area (Å²) in [5.74, 6) is -0.791. The Bertz CT molecular complexity index is 1350. The number of methoxy groups -OCH3 is 1. The number of nitro groups is 1. The third kappa shape index (κ3) is 6.47. The van der Waals surface area contributed by atoms with Crippen LogP contribution in [0, 0.1) is 27.3 Å². The molecule has 11 heteroatoms. The number of hydrogen-bond acceptors (Lipinski definition) is 6. The van der Waals surface area contributed by atoms with Crippen LogP contribution in [-0.4, -0.2) is 17.9 Å². The van der Waals surface area contributed by atoms with Gasteiger partial charge in [0.25, 0.3) is 11.6 Å². The molecule has 3 aromatic carbocycles. The molecule has 178 valence electrons. The normalized spacial score (nSPS) is 10.9. The number of nitro benzene ring substituents is 1. The van der Waals surface area contributed by atoms with Crippen molar-refractivity contribution < 1.29 is 23.6 Å². The molecule has 0 saturated heterocycles. The summed E-state index contributed by atoms with van der Waals surface area (Å²) in [6, 6.07) is 14.2. The van der Waals surface area contributed by atoms with E-state index in [1.54, 1.807) is 18.2 Å². The highest BCUT2D eigenvalue weighted by molar-refractivity contribution is 6.32. The minimum atomic E-state index is -0.871. The molecule has 1 N–H and O–H groups in total. The fraction of sp³-hybridized carbons (Fsp3) is 0.0833. The predicted octanol–water partition coefficient (Wildman–Crippen LogP) is 6.17. The van der Waals surface area contributed by atoms with Crippen LogP contribution in [-0.2, 0) is 11.4 Å². The smallest absolute Gasteiger partial charge is 0.294 e. The lowest BCUT2D eigenvalue weighted by molar-refractivity contribution is -0.383. The van der Waals surface area contributed by atoms with Crippen molar-refractivity contribution in [2.24, 2.45) is 0 Å². The summed E-state index contributed by atoms with van der Waals surface area (Å²) in [4.78, 5) is 23.2. The quantitative estimate of drug-likeness (QED) is 0.166. The minimum Gasteiger partial charge on any atom is -0.493 e. The molecule has 0 heterocycles. The number of ether oxygens (including phenoxy) is 2. The molecule has 0 saturated carbocycles. The predicted molar refractivity (Wildman–Crippen MR) is 129 cm³/mol. The molecule has 0 atom stereocenters. The molecular formula is C24H16Cl2FN3O5. The fourth-order valence-electron chi connectivity index (χ4n) is 2.97. The van der Waals surface area contributed by atoms with Crippen molar-refractivity contribution in [3.8, 4) is 17.6 Å². The van der Waals surface area contributed by atoms with Crippen LogP contribution in [0.1, 0.15) is 11.1 Å².